The van der Waals surface area contributed by atoms with Gasteiger partial charge >= 0.3 is 0 Å². The van der Waals surface area contributed by atoms with Crippen LogP contribution >= 0.6 is 23.8 Å². The number of thiocarbonyl (C=S) groups is 1. The van der Waals surface area contributed by atoms with Gasteiger partial charge in [-0.1, -0.05) is 37.7 Å². The van der Waals surface area contributed by atoms with Crippen molar-refractivity contribution in [1.29, 1.82) is 0 Å². The first-order valence-electron chi connectivity index (χ1n) is 5.18. The van der Waals surface area contributed by atoms with E-state index in [1.807, 2.05) is 6.92 Å². The summed E-state index contributed by atoms with van der Waals surface area (Å²) >= 11 is 10.9. The van der Waals surface area contributed by atoms with E-state index in [0.717, 1.165) is 5.56 Å². The zero-order chi connectivity index (χ0) is 12.3. The molecule has 0 aliphatic carbocycles. The number of nitrogens with two attached hydrogens (primary N) is 1. The molecule has 2 N–H and O–H groups in total. The van der Waals surface area contributed by atoms with Crippen LogP contribution in [0.4, 0.5) is 0 Å². The number of ether oxygens (including phenoxy) is 1. The average molecular weight is 258 g/mol. The van der Waals surface area contributed by atoms with Crippen molar-refractivity contribution in [2.75, 3.05) is 0 Å². The Kier molecular flexibility index (Phi) is 4.56. The van der Waals surface area contributed by atoms with Gasteiger partial charge in [0.05, 0.1) is 11.7 Å². The highest BCUT2D eigenvalue weighted by Gasteiger charge is 2.13. The lowest BCUT2D eigenvalue weighted by molar-refractivity contribution is 0.170. The molecule has 0 aliphatic heterocycles. The van der Waals surface area contributed by atoms with E-state index in [0.29, 0.717) is 21.7 Å². The van der Waals surface area contributed by atoms with Gasteiger partial charge in [0.1, 0.15) is 10.7 Å². The molecule has 0 amide bonds. The molecular formula is C12H16ClNOS. The van der Waals surface area contributed by atoms with Crippen molar-refractivity contribution >= 4 is 28.8 Å². The molecule has 4 heteroatoms. The fourth-order valence-corrected chi connectivity index (χ4v) is 1.46. The van der Waals surface area contributed by atoms with Crippen molar-refractivity contribution in [2.45, 2.75) is 26.9 Å². The molecule has 88 valence electrons. The standard InChI is InChI=1S/C12H16ClNOS/c1-7(2)8(3)15-11-6-9(13)4-5-10(11)12(14)16/h4-8H,1-3H3,(H2,14,16). The minimum absolute atomic E-state index is 0.0894. The Balaban J connectivity index is 3.01. The Morgan fingerprint density at radius 3 is 2.50 bits per heavy atom. The van der Waals surface area contributed by atoms with Crippen LogP contribution in [-0.4, -0.2) is 11.1 Å². The van der Waals surface area contributed by atoms with Crippen LogP contribution in [0.5, 0.6) is 5.75 Å². The van der Waals surface area contributed by atoms with Crippen molar-refractivity contribution in [3.8, 4) is 5.75 Å². The molecule has 0 fully saturated rings. The van der Waals surface area contributed by atoms with Gasteiger partial charge in [-0.25, -0.2) is 0 Å². The summed E-state index contributed by atoms with van der Waals surface area (Å²) in [7, 11) is 0. The lowest BCUT2D eigenvalue weighted by atomic mass is 10.1. The maximum Gasteiger partial charge on any atom is 0.131 e. The topological polar surface area (TPSA) is 35.2 Å². The fraction of sp³-hybridized carbons (Fsp3) is 0.417. The minimum atomic E-state index is 0.0894. The zero-order valence-electron chi connectivity index (χ0n) is 9.66. The number of hydrogen-bond donors (Lipinski definition) is 1. The molecule has 0 bridgehead atoms. The molecular weight excluding hydrogens is 242 g/mol. The molecule has 1 rings (SSSR count). The maximum absolute atomic E-state index is 5.92. The first kappa shape index (κ1) is 13.3. The van der Waals surface area contributed by atoms with Gasteiger partial charge in [0.2, 0.25) is 0 Å². The number of halogens is 1. The number of hydrogen-bond acceptors (Lipinski definition) is 2. The van der Waals surface area contributed by atoms with E-state index in [1.54, 1.807) is 18.2 Å². The van der Waals surface area contributed by atoms with E-state index in [2.05, 4.69) is 13.8 Å². The smallest absolute Gasteiger partial charge is 0.131 e. The van der Waals surface area contributed by atoms with Gasteiger partial charge in [0.15, 0.2) is 0 Å². The van der Waals surface area contributed by atoms with E-state index in [9.17, 15) is 0 Å². The number of benzene rings is 1. The van der Waals surface area contributed by atoms with Crippen molar-refractivity contribution in [3.63, 3.8) is 0 Å². The molecule has 0 radical (unpaired) electrons. The maximum atomic E-state index is 5.92. The SMILES string of the molecule is CC(C)C(C)Oc1cc(Cl)ccc1C(N)=S. The van der Waals surface area contributed by atoms with Gasteiger partial charge in [-0.05, 0) is 31.0 Å². The molecule has 0 heterocycles. The van der Waals surface area contributed by atoms with Crippen LogP contribution in [0, 0.1) is 5.92 Å². The molecule has 1 unspecified atom stereocenters. The number of rotatable bonds is 4. The summed E-state index contributed by atoms with van der Waals surface area (Å²) in [4.78, 5) is 0.322. The first-order valence-corrected chi connectivity index (χ1v) is 5.96. The second kappa shape index (κ2) is 5.51. The van der Waals surface area contributed by atoms with Crippen LogP contribution in [0.1, 0.15) is 26.3 Å². The van der Waals surface area contributed by atoms with Crippen LogP contribution in [0.15, 0.2) is 18.2 Å². The first-order chi connectivity index (χ1) is 7.41. The molecule has 0 spiro atoms. The predicted octanol–water partition coefficient (Wildman–Crippen LogP) is 3.40. The fourth-order valence-electron chi connectivity index (χ4n) is 1.13. The van der Waals surface area contributed by atoms with Crippen LogP contribution in [0.3, 0.4) is 0 Å². The molecule has 0 saturated heterocycles. The van der Waals surface area contributed by atoms with Crippen molar-refractivity contribution < 1.29 is 4.74 Å². The molecule has 16 heavy (non-hydrogen) atoms. The van der Waals surface area contributed by atoms with Crippen molar-refractivity contribution in [3.05, 3.63) is 28.8 Å². The summed E-state index contributed by atoms with van der Waals surface area (Å²) in [6.45, 7) is 6.19. The Hall–Kier alpha value is -0.800. The third-order valence-electron chi connectivity index (χ3n) is 2.46. The summed E-state index contributed by atoms with van der Waals surface area (Å²) in [5.41, 5.74) is 6.35. The van der Waals surface area contributed by atoms with E-state index in [-0.39, 0.29) is 6.10 Å². The molecule has 2 nitrogen and oxygen atoms in total. The van der Waals surface area contributed by atoms with E-state index in [1.165, 1.54) is 0 Å². The Labute approximate surface area is 107 Å². The Morgan fingerprint density at radius 2 is 2.00 bits per heavy atom. The summed E-state index contributed by atoms with van der Waals surface area (Å²) in [6.07, 6.45) is 0.0894. The third-order valence-corrected chi connectivity index (χ3v) is 2.92. The van der Waals surface area contributed by atoms with E-state index >= 15 is 0 Å². The normalized spacial score (nSPS) is 12.6. The molecule has 0 aliphatic rings. The average Bonchev–Trinajstić information content (AvgIpc) is 2.16. The molecule has 1 aromatic carbocycles. The predicted molar refractivity (Wildman–Crippen MR) is 72.3 cm³/mol. The second-order valence-electron chi connectivity index (χ2n) is 4.07. The van der Waals surface area contributed by atoms with Crippen LogP contribution in [0.25, 0.3) is 0 Å². The Bertz CT molecular complexity index is 393. The largest absolute Gasteiger partial charge is 0.490 e. The van der Waals surface area contributed by atoms with Gasteiger partial charge in [0, 0.05) is 5.02 Å². The molecule has 1 aromatic rings. The lowest BCUT2D eigenvalue weighted by Gasteiger charge is -2.20. The molecule has 0 aromatic heterocycles. The molecule has 0 saturated carbocycles. The summed E-state index contributed by atoms with van der Waals surface area (Å²) in [5, 5.41) is 0.617. The van der Waals surface area contributed by atoms with Crippen molar-refractivity contribution in [1.82, 2.24) is 0 Å². The van der Waals surface area contributed by atoms with Gasteiger partial charge in [-0.3, -0.25) is 0 Å². The summed E-state index contributed by atoms with van der Waals surface area (Å²) in [5.74, 6) is 1.07. The van der Waals surface area contributed by atoms with Crippen LogP contribution in [0.2, 0.25) is 5.02 Å². The highest BCUT2D eigenvalue weighted by molar-refractivity contribution is 7.80. The van der Waals surface area contributed by atoms with E-state index in [4.69, 9.17) is 34.3 Å². The van der Waals surface area contributed by atoms with Crippen LogP contribution in [-0.2, 0) is 0 Å². The van der Waals surface area contributed by atoms with Crippen molar-refractivity contribution in [2.24, 2.45) is 11.7 Å². The Morgan fingerprint density at radius 1 is 1.38 bits per heavy atom. The highest BCUT2D eigenvalue weighted by atomic mass is 35.5. The summed E-state index contributed by atoms with van der Waals surface area (Å²) in [6, 6.07) is 5.28. The second-order valence-corrected chi connectivity index (χ2v) is 4.95. The van der Waals surface area contributed by atoms with Gasteiger partial charge < -0.3 is 10.5 Å². The lowest BCUT2D eigenvalue weighted by Crippen LogP contribution is -2.21. The van der Waals surface area contributed by atoms with Gasteiger partial charge in [-0.2, -0.15) is 0 Å². The monoisotopic (exact) mass is 257 g/mol. The van der Waals surface area contributed by atoms with Gasteiger partial charge in [0.25, 0.3) is 0 Å². The third kappa shape index (κ3) is 3.35. The highest BCUT2D eigenvalue weighted by Crippen LogP contribution is 2.25. The minimum Gasteiger partial charge on any atom is -0.490 e. The zero-order valence-corrected chi connectivity index (χ0v) is 11.2. The van der Waals surface area contributed by atoms with Crippen LogP contribution < -0.4 is 10.5 Å². The van der Waals surface area contributed by atoms with E-state index < -0.39 is 0 Å². The van der Waals surface area contributed by atoms with Gasteiger partial charge in [-0.15, -0.1) is 0 Å². The summed E-state index contributed by atoms with van der Waals surface area (Å²) < 4.78 is 5.80. The quantitative estimate of drug-likeness (QED) is 0.840. The molecule has 1 atom stereocenters.